The van der Waals surface area contributed by atoms with E-state index in [9.17, 15) is 0 Å². The summed E-state index contributed by atoms with van der Waals surface area (Å²) in [5.74, 6) is 0.964. The van der Waals surface area contributed by atoms with Crippen molar-refractivity contribution in [3.8, 4) is 17.1 Å². The molecule has 0 aliphatic carbocycles. The third-order valence-corrected chi connectivity index (χ3v) is 4.92. The molecule has 0 aliphatic heterocycles. The first kappa shape index (κ1) is 16.4. The number of pyridine rings is 2. The summed E-state index contributed by atoms with van der Waals surface area (Å²) in [6.45, 7) is 14.6. The first-order valence-electron chi connectivity index (χ1n) is 8.23. The molecule has 24 heavy (non-hydrogen) atoms. The molecule has 0 aromatic carbocycles. The van der Waals surface area contributed by atoms with Crippen molar-refractivity contribution in [2.45, 2.75) is 48.5 Å². The molecule has 4 nitrogen and oxygen atoms in total. The molecule has 0 spiro atoms. The second-order valence-electron chi connectivity index (χ2n) is 6.60. The number of aryl methyl sites for hydroxylation is 4. The van der Waals surface area contributed by atoms with Crippen molar-refractivity contribution in [1.82, 2.24) is 19.5 Å². The van der Waals surface area contributed by atoms with Crippen LogP contribution in [0.15, 0.2) is 18.6 Å². The molecule has 0 amide bonds. The summed E-state index contributed by atoms with van der Waals surface area (Å²) in [6.07, 6.45) is 5.94. The smallest absolute Gasteiger partial charge is 0.113 e. The van der Waals surface area contributed by atoms with E-state index < -0.39 is 0 Å². The number of rotatable bonds is 2. The Balaban J connectivity index is 2.37. The topological polar surface area (TPSA) is 43.6 Å². The van der Waals surface area contributed by atoms with Crippen molar-refractivity contribution in [1.29, 1.82) is 0 Å². The normalized spacial score (nSPS) is 11.1. The summed E-state index contributed by atoms with van der Waals surface area (Å²) in [6, 6.07) is 0. The lowest BCUT2D eigenvalue weighted by Crippen LogP contribution is -2.07. The third kappa shape index (κ3) is 2.52. The van der Waals surface area contributed by atoms with Crippen LogP contribution < -0.4 is 0 Å². The second kappa shape index (κ2) is 5.86. The van der Waals surface area contributed by atoms with Gasteiger partial charge in [0.15, 0.2) is 0 Å². The van der Waals surface area contributed by atoms with Crippen molar-refractivity contribution < 1.29 is 0 Å². The van der Waals surface area contributed by atoms with Crippen LogP contribution in [0.2, 0.25) is 0 Å². The molecule has 4 heteroatoms. The highest BCUT2D eigenvalue weighted by Crippen LogP contribution is 2.32. The predicted molar refractivity (Wildman–Crippen MR) is 97.7 cm³/mol. The molecule has 3 heterocycles. The maximum Gasteiger partial charge on any atom is 0.113 e. The predicted octanol–water partition coefficient (Wildman–Crippen LogP) is 4.49. The van der Waals surface area contributed by atoms with E-state index >= 15 is 0 Å². The van der Waals surface area contributed by atoms with Gasteiger partial charge in [0, 0.05) is 18.6 Å². The van der Waals surface area contributed by atoms with E-state index in [2.05, 4.69) is 50.4 Å². The van der Waals surface area contributed by atoms with Crippen molar-refractivity contribution in [3.63, 3.8) is 0 Å². The Labute approximate surface area is 143 Å². The van der Waals surface area contributed by atoms with Crippen LogP contribution >= 0.6 is 0 Å². The van der Waals surface area contributed by atoms with Gasteiger partial charge in [0.2, 0.25) is 0 Å². The molecule has 3 rings (SSSR count). The molecule has 0 bridgehead atoms. The molecule has 0 unspecified atom stereocenters. The standard InChI is InChI=1S/C20H24N4/c1-11-8-21-18(16(6)14(11)4)19-20(15(5)12(2)9-22-19)24-10-13(3)23-17(24)7/h8-10H,1-7H3. The molecule has 3 aromatic heterocycles. The van der Waals surface area contributed by atoms with Crippen LogP contribution in [0.5, 0.6) is 0 Å². The largest absolute Gasteiger partial charge is 0.301 e. The van der Waals surface area contributed by atoms with Gasteiger partial charge in [-0.3, -0.25) is 9.97 Å². The lowest BCUT2D eigenvalue weighted by molar-refractivity contribution is 0.947. The van der Waals surface area contributed by atoms with Crippen LogP contribution in [-0.2, 0) is 0 Å². The molecule has 0 aliphatic rings. The fraction of sp³-hybridized carbons (Fsp3) is 0.350. The molecule has 124 valence electrons. The highest BCUT2D eigenvalue weighted by atomic mass is 15.1. The minimum atomic E-state index is 0.916. The summed E-state index contributed by atoms with van der Waals surface area (Å²) in [7, 11) is 0. The SMILES string of the molecule is Cc1cn(-c2c(-c3ncc(C)c(C)c3C)ncc(C)c2C)c(C)n1. The van der Waals surface area contributed by atoms with Crippen LogP contribution in [0, 0.1) is 48.5 Å². The zero-order chi connectivity index (χ0) is 17.6. The van der Waals surface area contributed by atoms with E-state index in [1.165, 1.54) is 27.8 Å². The second-order valence-corrected chi connectivity index (χ2v) is 6.60. The fourth-order valence-corrected chi connectivity index (χ4v) is 3.06. The van der Waals surface area contributed by atoms with Crippen LogP contribution in [0.25, 0.3) is 17.1 Å². The van der Waals surface area contributed by atoms with Crippen LogP contribution in [-0.4, -0.2) is 19.5 Å². The Kier molecular flexibility index (Phi) is 3.99. The average Bonchev–Trinajstić information content (AvgIpc) is 2.86. The number of hydrogen-bond donors (Lipinski definition) is 0. The Morgan fingerprint density at radius 3 is 1.88 bits per heavy atom. The van der Waals surface area contributed by atoms with Gasteiger partial charge in [-0.1, -0.05) is 0 Å². The van der Waals surface area contributed by atoms with Gasteiger partial charge in [-0.15, -0.1) is 0 Å². The maximum atomic E-state index is 4.76. The van der Waals surface area contributed by atoms with Crippen molar-refractivity contribution in [3.05, 3.63) is 57.9 Å². The average molecular weight is 320 g/mol. The van der Waals surface area contributed by atoms with E-state index in [-0.39, 0.29) is 0 Å². The molecule has 0 saturated carbocycles. The van der Waals surface area contributed by atoms with E-state index in [1.54, 1.807) is 0 Å². The van der Waals surface area contributed by atoms with Crippen molar-refractivity contribution >= 4 is 0 Å². The van der Waals surface area contributed by atoms with Crippen LogP contribution in [0.4, 0.5) is 0 Å². The minimum Gasteiger partial charge on any atom is -0.301 e. The Morgan fingerprint density at radius 1 is 0.708 bits per heavy atom. The number of imidazole rings is 1. The number of nitrogens with zero attached hydrogens (tertiary/aromatic N) is 4. The van der Waals surface area contributed by atoms with Gasteiger partial charge in [0.25, 0.3) is 0 Å². The fourth-order valence-electron chi connectivity index (χ4n) is 3.06. The molecule has 0 saturated heterocycles. The summed E-state index contributed by atoms with van der Waals surface area (Å²) in [4.78, 5) is 14.0. The summed E-state index contributed by atoms with van der Waals surface area (Å²) >= 11 is 0. The Hall–Kier alpha value is -2.49. The molecule has 3 aromatic rings. The van der Waals surface area contributed by atoms with Gasteiger partial charge < -0.3 is 4.57 Å². The quantitative estimate of drug-likeness (QED) is 0.699. The van der Waals surface area contributed by atoms with Crippen LogP contribution in [0.1, 0.15) is 39.3 Å². The summed E-state index contributed by atoms with van der Waals surface area (Å²) < 4.78 is 2.14. The lowest BCUT2D eigenvalue weighted by Gasteiger charge is -2.18. The van der Waals surface area contributed by atoms with E-state index in [0.717, 1.165) is 28.6 Å². The first-order chi connectivity index (χ1) is 11.3. The lowest BCUT2D eigenvalue weighted by atomic mass is 10.00. The molecular formula is C20H24N4. The Bertz CT molecular complexity index is 935. The molecule has 0 radical (unpaired) electrons. The van der Waals surface area contributed by atoms with Gasteiger partial charge >= 0.3 is 0 Å². The maximum absolute atomic E-state index is 4.76. The van der Waals surface area contributed by atoms with E-state index in [4.69, 9.17) is 9.97 Å². The van der Waals surface area contributed by atoms with Crippen LogP contribution in [0.3, 0.4) is 0 Å². The first-order valence-corrected chi connectivity index (χ1v) is 8.23. The van der Waals surface area contributed by atoms with Gasteiger partial charge in [-0.25, -0.2) is 4.98 Å². The van der Waals surface area contributed by atoms with Gasteiger partial charge in [0.05, 0.1) is 17.1 Å². The van der Waals surface area contributed by atoms with Gasteiger partial charge in [-0.05, 0) is 76.3 Å². The number of hydrogen-bond acceptors (Lipinski definition) is 3. The molecule has 0 N–H and O–H groups in total. The van der Waals surface area contributed by atoms with Gasteiger partial charge in [-0.2, -0.15) is 0 Å². The number of aromatic nitrogens is 4. The van der Waals surface area contributed by atoms with Crippen molar-refractivity contribution in [2.24, 2.45) is 0 Å². The zero-order valence-corrected chi connectivity index (χ0v) is 15.5. The summed E-state index contributed by atoms with van der Waals surface area (Å²) in [5, 5.41) is 0. The highest BCUT2D eigenvalue weighted by Gasteiger charge is 2.19. The van der Waals surface area contributed by atoms with Gasteiger partial charge in [0.1, 0.15) is 11.5 Å². The van der Waals surface area contributed by atoms with E-state index in [1.807, 2.05) is 26.2 Å². The zero-order valence-electron chi connectivity index (χ0n) is 15.5. The monoisotopic (exact) mass is 320 g/mol. The third-order valence-electron chi connectivity index (χ3n) is 4.92. The minimum absolute atomic E-state index is 0.916. The molecular weight excluding hydrogens is 296 g/mol. The Morgan fingerprint density at radius 2 is 1.29 bits per heavy atom. The highest BCUT2D eigenvalue weighted by molar-refractivity contribution is 5.72. The summed E-state index contributed by atoms with van der Waals surface area (Å²) in [5.41, 5.74) is 9.97. The molecule has 0 atom stereocenters. The van der Waals surface area contributed by atoms with E-state index in [0.29, 0.717) is 0 Å². The van der Waals surface area contributed by atoms with Crippen molar-refractivity contribution in [2.75, 3.05) is 0 Å². The molecule has 0 fully saturated rings.